The summed E-state index contributed by atoms with van der Waals surface area (Å²) >= 11 is 0. The van der Waals surface area contributed by atoms with Gasteiger partial charge in [-0.1, -0.05) is 40.5 Å². The first-order valence-electron chi connectivity index (χ1n) is 6.41. The van der Waals surface area contributed by atoms with E-state index in [9.17, 15) is 4.79 Å². The van der Waals surface area contributed by atoms with E-state index in [4.69, 9.17) is 0 Å². The van der Waals surface area contributed by atoms with E-state index >= 15 is 0 Å². The van der Waals surface area contributed by atoms with Crippen LogP contribution in [-0.2, 0) is 4.79 Å². The number of likely N-dealkylation sites (N-methyl/N-ethyl adjacent to an activating group) is 1. The van der Waals surface area contributed by atoms with Gasteiger partial charge in [-0.25, -0.2) is 0 Å². The van der Waals surface area contributed by atoms with Gasteiger partial charge in [0.15, 0.2) is 0 Å². The van der Waals surface area contributed by atoms with Crippen LogP contribution in [0.3, 0.4) is 0 Å². The third-order valence-electron chi connectivity index (χ3n) is 3.05. The van der Waals surface area contributed by atoms with E-state index in [-0.39, 0.29) is 0 Å². The minimum Gasteiger partial charge on any atom is -0.298 e. The minimum absolute atomic E-state index is 0.394. The highest BCUT2D eigenvalue weighted by molar-refractivity contribution is 5.80. The molecule has 2 nitrogen and oxygen atoms in total. The summed E-state index contributed by atoms with van der Waals surface area (Å²) in [6.45, 7) is 11.4. The Hall–Kier alpha value is -0.370. The van der Waals surface area contributed by atoms with Crippen molar-refractivity contribution in [3.05, 3.63) is 0 Å². The van der Waals surface area contributed by atoms with Crippen LogP contribution >= 0.6 is 0 Å². The Kier molecular flexibility index (Phi) is 8.68. The van der Waals surface area contributed by atoms with Gasteiger partial charge in [0, 0.05) is 13.0 Å². The second kappa shape index (κ2) is 8.90. The van der Waals surface area contributed by atoms with Crippen LogP contribution < -0.4 is 0 Å². The van der Waals surface area contributed by atoms with Crippen LogP contribution in [0.2, 0.25) is 0 Å². The molecule has 0 unspecified atom stereocenters. The van der Waals surface area contributed by atoms with Crippen molar-refractivity contribution >= 4 is 5.78 Å². The molecule has 0 rings (SSSR count). The summed E-state index contributed by atoms with van der Waals surface area (Å²) < 4.78 is 0. The van der Waals surface area contributed by atoms with Gasteiger partial charge in [-0.3, -0.25) is 9.69 Å². The molecular weight excluding hydrogens is 186 g/mol. The summed E-state index contributed by atoms with van der Waals surface area (Å²) in [5, 5.41) is 0. The van der Waals surface area contributed by atoms with Crippen LogP contribution in [0.1, 0.15) is 53.4 Å². The molecule has 0 spiro atoms. The molecule has 0 aromatic heterocycles. The van der Waals surface area contributed by atoms with Gasteiger partial charge >= 0.3 is 0 Å². The first-order valence-corrected chi connectivity index (χ1v) is 6.41. The smallest absolute Gasteiger partial charge is 0.146 e. The zero-order chi connectivity index (χ0) is 11.7. The predicted molar refractivity (Wildman–Crippen MR) is 66.1 cm³/mol. The van der Waals surface area contributed by atoms with Crippen molar-refractivity contribution in [3.8, 4) is 0 Å². The molecular formula is C13H27NO. The Bertz CT molecular complexity index is 164. The molecule has 0 heterocycles. The van der Waals surface area contributed by atoms with Crippen molar-refractivity contribution in [1.82, 2.24) is 4.90 Å². The molecule has 15 heavy (non-hydrogen) atoms. The van der Waals surface area contributed by atoms with Gasteiger partial charge in [-0.15, -0.1) is 0 Å². The molecule has 2 heteroatoms. The quantitative estimate of drug-likeness (QED) is 0.586. The average Bonchev–Trinajstić information content (AvgIpc) is 2.24. The van der Waals surface area contributed by atoms with Crippen LogP contribution in [0.15, 0.2) is 0 Å². The second-order valence-electron chi connectivity index (χ2n) is 4.30. The molecule has 0 aromatic rings. The number of carbonyl (C=O) groups is 1. The van der Waals surface area contributed by atoms with E-state index in [1.165, 1.54) is 12.8 Å². The fraction of sp³-hybridized carbons (Fsp3) is 0.923. The number of hydrogen-bond acceptors (Lipinski definition) is 2. The number of rotatable bonds is 9. The van der Waals surface area contributed by atoms with Gasteiger partial charge < -0.3 is 0 Å². The average molecular weight is 213 g/mol. The molecule has 0 saturated carbocycles. The topological polar surface area (TPSA) is 20.3 Å². The van der Waals surface area contributed by atoms with E-state index in [0.29, 0.717) is 12.3 Å². The molecule has 0 radical (unpaired) electrons. The van der Waals surface area contributed by atoms with Crippen molar-refractivity contribution in [1.29, 1.82) is 0 Å². The van der Waals surface area contributed by atoms with E-state index < -0.39 is 0 Å². The lowest BCUT2D eigenvalue weighted by atomic mass is 10.0. The molecule has 0 N–H and O–H groups in total. The maximum atomic E-state index is 11.5. The first-order chi connectivity index (χ1) is 7.17. The van der Waals surface area contributed by atoms with Crippen molar-refractivity contribution < 1.29 is 4.79 Å². The van der Waals surface area contributed by atoms with Crippen LogP contribution in [0, 0.1) is 5.92 Å². The molecule has 0 aliphatic rings. The van der Waals surface area contributed by atoms with Crippen molar-refractivity contribution in [3.63, 3.8) is 0 Å². The highest BCUT2D eigenvalue weighted by Crippen LogP contribution is 2.10. The summed E-state index contributed by atoms with van der Waals surface area (Å²) in [5.41, 5.74) is 0. The van der Waals surface area contributed by atoms with Gasteiger partial charge in [0.25, 0.3) is 0 Å². The zero-order valence-electron chi connectivity index (χ0n) is 10.9. The van der Waals surface area contributed by atoms with Gasteiger partial charge in [0.1, 0.15) is 5.78 Å². The zero-order valence-corrected chi connectivity index (χ0v) is 10.9. The number of carbonyl (C=O) groups excluding carboxylic acids is 1. The lowest BCUT2D eigenvalue weighted by Crippen LogP contribution is -2.33. The third kappa shape index (κ3) is 6.67. The lowest BCUT2D eigenvalue weighted by Gasteiger charge is -2.24. The Morgan fingerprint density at radius 2 is 1.73 bits per heavy atom. The second-order valence-corrected chi connectivity index (χ2v) is 4.30. The Labute approximate surface area is 95.0 Å². The molecule has 0 atom stereocenters. The van der Waals surface area contributed by atoms with Crippen LogP contribution in [0.4, 0.5) is 0 Å². The SMILES string of the molecule is CCCC(=O)CN(CC)CC(CC)CC. The Morgan fingerprint density at radius 3 is 2.13 bits per heavy atom. The van der Waals surface area contributed by atoms with Crippen molar-refractivity contribution in [2.24, 2.45) is 5.92 Å². The molecule has 0 fully saturated rings. The maximum Gasteiger partial charge on any atom is 0.146 e. The first kappa shape index (κ1) is 14.6. The normalized spacial score (nSPS) is 11.3. The maximum absolute atomic E-state index is 11.5. The number of Topliss-reactive ketones (excluding diaryl/α,β-unsaturated/α-hetero) is 1. The summed E-state index contributed by atoms with van der Waals surface area (Å²) in [6, 6.07) is 0. The molecule has 0 aliphatic carbocycles. The molecule has 0 saturated heterocycles. The molecule has 0 aliphatic heterocycles. The number of hydrogen-bond donors (Lipinski definition) is 0. The van der Waals surface area contributed by atoms with Gasteiger partial charge in [0.05, 0.1) is 6.54 Å². The van der Waals surface area contributed by atoms with Gasteiger partial charge in [0.2, 0.25) is 0 Å². The monoisotopic (exact) mass is 213 g/mol. The largest absolute Gasteiger partial charge is 0.298 e. The molecule has 0 bridgehead atoms. The predicted octanol–water partition coefficient (Wildman–Crippen LogP) is 3.11. The van der Waals surface area contributed by atoms with Gasteiger partial charge in [-0.2, -0.15) is 0 Å². The number of ketones is 1. The van der Waals surface area contributed by atoms with Crippen LogP contribution in [0.5, 0.6) is 0 Å². The van der Waals surface area contributed by atoms with E-state index in [1.807, 2.05) is 0 Å². The summed E-state index contributed by atoms with van der Waals surface area (Å²) in [7, 11) is 0. The molecule has 0 amide bonds. The highest BCUT2D eigenvalue weighted by atomic mass is 16.1. The van der Waals surface area contributed by atoms with Crippen LogP contribution in [0.25, 0.3) is 0 Å². The fourth-order valence-electron chi connectivity index (χ4n) is 1.82. The minimum atomic E-state index is 0.394. The van der Waals surface area contributed by atoms with Crippen LogP contribution in [-0.4, -0.2) is 30.3 Å². The van der Waals surface area contributed by atoms with E-state index in [0.717, 1.165) is 31.8 Å². The Morgan fingerprint density at radius 1 is 1.13 bits per heavy atom. The summed E-state index contributed by atoms with van der Waals surface area (Å²) in [5.74, 6) is 1.14. The summed E-state index contributed by atoms with van der Waals surface area (Å²) in [6.07, 6.45) is 4.14. The van der Waals surface area contributed by atoms with Crippen molar-refractivity contribution in [2.45, 2.75) is 53.4 Å². The summed E-state index contributed by atoms with van der Waals surface area (Å²) in [4.78, 5) is 13.8. The lowest BCUT2D eigenvalue weighted by molar-refractivity contribution is -0.120. The van der Waals surface area contributed by atoms with E-state index in [1.54, 1.807) is 0 Å². The fourth-order valence-corrected chi connectivity index (χ4v) is 1.82. The standard InChI is InChI=1S/C13H27NO/c1-5-9-13(15)11-14(8-4)10-12(6-2)7-3/h12H,5-11H2,1-4H3. The van der Waals surface area contributed by atoms with Crippen molar-refractivity contribution in [2.75, 3.05) is 19.6 Å². The number of nitrogens with zero attached hydrogens (tertiary/aromatic N) is 1. The molecule has 0 aromatic carbocycles. The highest BCUT2D eigenvalue weighted by Gasteiger charge is 2.12. The molecule has 90 valence electrons. The Balaban J connectivity index is 3.95. The third-order valence-corrected chi connectivity index (χ3v) is 3.05. The van der Waals surface area contributed by atoms with E-state index in [2.05, 4.69) is 32.6 Å². The van der Waals surface area contributed by atoms with Gasteiger partial charge in [-0.05, 0) is 18.9 Å².